The number of hydrogen-bond acceptors (Lipinski definition) is 2. The summed E-state index contributed by atoms with van der Waals surface area (Å²) >= 11 is 5.83. The summed E-state index contributed by atoms with van der Waals surface area (Å²) in [6.45, 7) is 0.112. The van der Waals surface area contributed by atoms with Gasteiger partial charge in [0, 0.05) is 10.6 Å². The number of carbonyl (C=O) groups is 1. The Bertz CT molecular complexity index is 634. The highest BCUT2D eigenvalue weighted by Gasteiger charge is 2.21. The number of Topliss-reactive ketones (excluding diaryl/α,β-unsaturated/α-hetero) is 1. The van der Waals surface area contributed by atoms with Gasteiger partial charge in [-0.05, 0) is 54.7 Å². The molecular formula is C18H17ClO2. The fourth-order valence-electron chi connectivity index (χ4n) is 2.78. The number of ether oxygens (including phenoxy) is 1. The molecule has 0 bridgehead atoms. The lowest BCUT2D eigenvalue weighted by molar-refractivity contribution is 0.0372. The van der Waals surface area contributed by atoms with Crippen LogP contribution in [-0.2, 0) is 11.2 Å². The second-order valence-corrected chi connectivity index (χ2v) is 5.76. The fraction of sp³-hybridized carbons (Fsp3) is 0.278. The molecule has 1 aliphatic rings. The summed E-state index contributed by atoms with van der Waals surface area (Å²) in [4.78, 5) is 12.1. The van der Waals surface area contributed by atoms with E-state index in [1.54, 1.807) is 24.3 Å². The molecule has 2 aromatic rings. The molecule has 2 nitrogen and oxygen atoms in total. The number of fused-ring (bicyclic) bond motifs is 1. The first-order valence-corrected chi connectivity index (χ1v) is 7.60. The van der Waals surface area contributed by atoms with Crippen molar-refractivity contribution in [2.75, 3.05) is 6.61 Å². The van der Waals surface area contributed by atoms with Crippen molar-refractivity contribution in [3.05, 3.63) is 70.2 Å². The van der Waals surface area contributed by atoms with Gasteiger partial charge in [0.2, 0.25) is 0 Å². The summed E-state index contributed by atoms with van der Waals surface area (Å²) in [7, 11) is 0. The lowest BCUT2D eigenvalue weighted by Gasteiger charge is -2.25. The number of rotatable bonds is 4. The van der Waals surface area contributed by atoms with Crippen molar-refractivity contribution in [1.29, 1.82) is 0 Å². The van der Waals surface area contributed by atoms with Gasteiger partial charge < -0.3 is 4.74 Å². The highest BCUT2D eigenvalue weighted by atomic mass is 35.5. The standard InChI is InChI=1S/C18H17ClO2/c19-15-10-8-14(9-11-15)17(20)12-21-18-7-3-5-13-4-1-2-6-16(13)18/h1-2,4,6,8-11,18H,3,5,7,12H2. The van der Waals surface area contributed by atoms with Gasteiger partial charge in [0.1, 0.15) is 6.61 Å². The molecule has 0 heterocycles. The van der Waals surface area contributed by atoms with Crippen molar-refractivity contribution in [2.45, 2.75) is 25.4 Å². The Balaban J connectivity index is 1.66. The van der Waals surface area contributed by atoms with Gasteiger partial charge in [0.25, 0.3) is 0 Å². The molecule has 0 amide bonds. The van der Waals surface area contributed by atoms with Crippen molar-refractivity contribution in [2.24, 2.45) is 0 Å². The average molecular weight is 301 g/mol. The monoisotopic (exact) mass is 300 g/mol. The normalized spacial score (nSPS) is 17.3. The minimum atomic E-state index is -0.00489. The van der Waals surface area contributed by atoms with Gasteiger partial charge in [-0.1, -0.05) is 35.9 Å². The Hall–Kier alpha value is -1.64. The van der Waals surface area contributed by atoms with E-state index in [4.69, 9.17) is 16.3 Å². The van der Waals surface area contributed by atoms with Gasteiger partial charge in [-0.15, -0.1) is 0 Å². The summed E-state index contributed by atoms with van der Waals surface area (Å²) < 4.78 is 5.87. The molecule has 0 spiro atoms. The average Bonchev–Trinajstić information content (AvgIpc) is 2.53. The number of aryl methyl sites for hydroxylation is 1. The molecule has 1 aliphatic carbocycles. The van der Waals surface area contributed by atoms with Crippen LogP contribution in [-0.4, -0.2) is 12.4 Å². The van der Waals surface area contributed by atoms with E-state index >= 15 is 0 Å². The molecule has 0 N–H and O–H groups in total. The van der Waals surface area contributed by atoms with Crippen LogP contribution in [0.3, 0.4) is 0 Å². The molecule has 3 rings (SSSR count). The maximum atomic E-state index is 12.1. The topological polar surface area (TPSA) is 26.3 Å². The third-order valence-electron chi connectivity index (χ3n) is 3.90. The van der Waals surface area contributed by atoms with Crippen LogP contribution in [0.15, 0.2) is 48.5 Å². The Morgan fingerprint density at radius 2 is 1.90 bits per heavy atom. The molecule has 1 unspecified atom stereocenters. The maximum absolute atomic E-state index is 12.1. The third kappa shape index (κ3) is 3.34. The van der Waals surface area contributed by atoms with Gasteiger partial charge in [-0.3, -0.25) is 4.79 Å². The number of benzene rings is 2. The molecule has 0 fully saturated rings. The lowest BCUT2D eigenvalue weighted by Crippen LogP contribution is -2.17. The van der Waals surface area contributed by atoms with Crippen LogP contribution < -0.4 is 0 Å². The van der Waals surface area contributed by atoms with Gasteiger partial charge in [0.05, 0.1) is 6.10 Å². The van der Waals surface area contributed by atoms with E-state index < -0.39 is 0 Å². The Morgan fingerprint density at radius 3 is 2.71 bits per heavy atom. The molecule has 2 aromatic carbocycles. The Kier molecular flexibility index (Phi) is 4.37. The van der Waals surface area contributed by atoms with Crippen LogP contribution >= 0.6 is 11.6 Å². The summed E-state index contributed by atoms with van der Waals surface area (Å²) in [6.07, 6.45) is 3.22. The minimum absolute atomic E-state index is 0.00489. The quantitative estimate of drug-likeness (QED) is 0.770. The van der Waals surface area contributed by atoms with E-state index in [-0.39, 0.29) is 18.5 Å². The molecule has 0 saturated heterocycles. The predicted octanol–water partition coefficient (Wildman–Crippen LogP) is 4.62. The Morgan fingerprint density at radius 1 is 1.14 bits per heavy atom. The predicted molar refractivity (Wildman–Crippen MR) is 83.9 cm³/mol. The van der Waals surface area contributed by atoms with Gasteiger partial charge in [-0.2, -0.15) is 0 Å². The highest BCUT2D eigenvalue weighted by molar-refractivity contribution is 6.30. The second kappa shape index (κ2) is 6.42. The van der Waals surface area contributed by atoms with Crippen molar-refractivity contribution in [1.82, 2.24) is 0 Å². The number of carbonyl (C=O) groups excluding carboxylic acids is 1. The van der Waals surface area contributed by atoms with Crippen LogP contribution in [0.2, 0.25) is 5.02 Å². The van der Waals surface area contributed by atoms with Gasteiger partial charge in [0.15, 0.2) is 5.78 Å². The van der Waals surface area contributed by atoms with Crippen LogP contribution in [0.25, 0.3) is 0 Å². The number of hydrogen-bond donors (Lipinski definition) is 0. The Labute approximate surface area is 129 Å². The molecule has 3 heteroatoms. The van der Waals surface area contributed by atoms with Crippen molar-refractivity contribution >= 4 is 17.4 Å². The van der Waals surface area contributed by atoms with E-state index in [0.717, 1.165) is 19.3 Å². The molecule has 0 aromatic heterocycles. The molecule has 0 aliphatic heterocycles. The van der Waals surface area contributed by atoms with E-state index in [0.29, 0.717) is 10.6 Å². The van der Waals surface area contributed by atoms with Crippen molar-refractivity contribution < 1.29 is 9.53 Å². The van der Waals surface area contributed by atoms with Gasteiger partial charge in [-0.25, -0.2) is 0 Å². The fourth-order valence-corrected chi connectivity index (χ4v) is 2.90. The van der Waals surface area contributed by atoms with E-state index in [1.807, 2.05) is 6.07 Å². The SMILES string of the molecule is O=C(COC1CCCc2ccccc21)c1ccc(Cl)cc1. The minimum Gasteiger partial charge on any atom is -0.365 e. The zero-order valence-electron chi connectivity index (χ0n) is 11.7. The molecule has 0 saturated carbocycles. The zero-order chi connectivity index (χ0) is 14.7. The summed E-state index contributed by atoms with van der Waals surface area (Å²) in [5.41, 5.74) is 3.21. The summed E-state index contributed by atoms with van der Waals surface area (Å²) in [5.74, 6) is -0.00489. The first-order chi connectivity index (χ1) is 10.2. The highest BCUT2D eigenvalue weighted by Crippen LogP contribution is 2.32. The smallest absolute Gasteiger partial charge is 0.188 e. The molecule has 108 valence electrons. The molecule has 21 heavy (non-hydrogen) atoms. The van der Waals surface area contributed by atoms with E-state index in [9.17, 15) is 4.79 Å². The summed E-state index contributed by atoms with van der Waals surface area (Å²) in [5, 5.41) is 0.633. The molecular weight excluding hydrogens is 284 g/mol. The number of ketones is 1. The van der Waals surface area contributed by atoms with Crippen molar-refractivity contribution in [3.8, 4) is 0 Å². The molecule has 0 radical (unpaired) electrons. The van der Waals surface area contributed by atoms with E-state index in [2.05, 4.69) is 18.2 Å². The zero-order valence-corrected chi connectivity index (χ0v) is 12.5. The molecule has 1 atom stereocenters. The van der Waals surface area contributed by atoms with E-state index in [1.165, 1.54) is 11.1 Å². The van der Waals surface area contributed by atoms with Crippen LogP contribution in [0.5, 0.6) is 0 Å². The van der Waals surface area contributed by atoms with Crippen molar-refractivity contribution in [3.63, 3.8) is 0 Å². The van der Waals surface area contributed by atoms with Crippen LogP contribution in [0.4, 0.5) is 0 Å². The first kappa shape index (κ1) is 14.3. The second-order valence-electron chi connectivity index (χ2n) is 5.32. The van der Waals surface area contributed by atoms with Crippen LogP contribution in [0.1, 0.15) is 40.4 Å². The first-order valence-electron chi connectivity index (χ1n) is 7.22. The van der Waals surface area contributed by atoms with Gasteiger partial charge >= 0.3 is 0 Å². The number of halogens is 1. The summed E-state index contributed by atoms with van der Waals surface area (Å²) in [6, 6.07) is 15.3. The maximum Gasteiger partial charge on any atom is 0.188 e. The third-order valence-corrected chi connectivity index (χ3v) is 4.15. The largest absolute Gasteiger partial charge is 0.365 e. The van der Waals surface area contributed by atoms with Crippen LogP contribution in [0, 0.1) is 0 Å². The lowest BCUT2D eigenvalue weighted by atomic mass is 9.89.